The molecule has 310 valence electrons. The van der Waals surface area contributed by atoms with Crippen molar-refractivity contribution in [2.75, 3.05) is 13.6 Å². The second kappa shape index (κ2) is 18.2. The molecule has 63 heavy (non-hydrogen) atoms. The molecule has 2 heterocycles. The first-order valence-electron chi connectivity index (χ1n) is 21.4. The summed E-state index contributed by atoms with van der Waals surface area (Å²) in [7, 11) is 2.01. The molecular formula is C56H47F2N5. The summed E-state index contributed by atoms with van der Waals surface area (Å²) in [6, 6.07) is 56.6. The maximum Gasteiger partial charge on any atom is 0.293 e. The normalized spacial score (nSPS) is 16.2. The Balaban J connectivity index is 0.942. The average Bonchev–Trinajstić information content (AvgIpc) is 3.97. The van der Waals surface area contributed by atoms with Crippen LogP contribution in [-0.4, -0.2) is 40.6 Å². The van der Waals surface area contributed by atoms with Crippen LogP contribution < -0.4 is 0 Å². The number of aromatic nitrogens is 1. The predicted octanol–water partition coefficient (Wildman–Crippen LogP) is 13.5. The number of nitrogens with zero attached hydrogens (tertiary/aromatic N) is 5. The monoisotopic (exact) mass is 827 g/mol. The van der Waals surface area contributed by atoms with Gasteiger partial charge in [0.1, 0.15) is 0 Å². The van der Waals surface area contributed by atoms with Crippen LogP contribution in [0.4, 0.5) is 8.78 Å². The lowest BCUT2D eigenvalue weighted by atomic mass is 9.96. The van der Waals surface area contributed by atoms with Crippen LogP contribution in [0.3, 0.4) is 0 Å². The van der Waals surface area contributed by atoms with Crippen LogP contribution in [0.5, 0.6) is 0 Å². The zero-order valence-electron chi connectivity index (χ0n) is 35.3. The van der Waals surface area contributed by atoms with E-state index in [4.69, 9.17) is 15.0 Å². The summed E-state index contributed by atoms with van der Waals surface area (Å²) in [5, 5.41) is 0. The molecule has 0 radical (unpaired) electrons. The molecular weight excluding hydrogens is 781 g/mol. The average molecular weight is 828 g/mol. The third-order valence-electron chi connectivity index (χ3n) is 11.6. The quantitative estimate of drug-likeness (QED) is 0.0728. The van der Waals surface area contributed by atoms with Gasteiger partial charge < -0.3 is 4.90 Å². The van der Waals surface area contributed by atoms with Crippen molar-refractivity contribution in [2.24, 2.45) is 15.0 Å². The first-order chi connectivity index (χ1) is 30.8. The van der Waals surface area contributed by atoms with E-state index in [9.17, 15) is 0 Å². The van der Waals surface area contributed by atoms with Gasteiger partial charge in [-0.05, 0) is 87.7 Å². The van der Waals surface area contributed by atoms with Crippen molar-refractivity contribution >= 4 is 28.8 Å². The summed E-state index contributed by atoms with van der Waals surface area (Å²) in [4.78, 5) is 17.2. The van der Waals surface area contributed by atoms with E-state index in [0.717, 1.165) is 51.6 Å². The van der Waals surface area contributed by atoms with Gasteiger partial charge in [0, 0.05) is 48.4 Å². The predicted molar refractivity (Wildman–Crippen MR) is 256 cm³/mol. The van der Waals surface area contributed by atoms with E-state index in [-0.39, 0.29) is 11.6 Å². The Morgan fingerprint density at radius 2 is 1.27 bits per heavy atom. The highest BCUT2D eigenvalue weighted by molar-refractivity contribution is 6.12. The summed E-state index contributed by atoms with van der Waals surface area (Å²) in [6.45, 7) is 2.55. The van der Waals surface area contributed by atoms with Crippen molar-refractivity contribution in [2.45, 2.75) is 31.7 Å². The number of hydrogen-bond acceptors (Lipinski definition) is 3. The van der Waals surface area contributed by atoms with E-state index >= 15 is 8.78 Å². The first kappa shape index (κ1) is 40.9. The van der Waals surface area contributed by atoms with Crippen LogP contribution >= 0.6 is 0 Å². The molecule has 0 N–H and O–H groups in total. The second-order valence-corrected chi connectivity index (χ2v) is 15.7. The van der Waals surface area contributed by atoms with Crippen molar-refractivity contribution in [3.8, 4) is 22.3 Å². The minimum absolute atomic E-state index is 0.0245. The third-order valence-corrected chi connectivity index (χ3v) is 11.6. The number of allylic oxidation sites excluding steroid dienone is 3. The van der Waals surface area contributed by atoms with Crippen LogP contribution in [0.25, 0.3) is 33.5 Å². The molecule has 0 saturated carbocycles. The van der Waals surface area contributed by atoms with Crippen molar-refractivity contribution < 1.29 is 8.78 Å². The third kappa shape index (κ3) is 8.95. The molecule has 7 heteroatoms. The summed E-state index contributed by atoms with van der Waals surface area (Å²) < 4.78 is 33.7. The van der Waals surface area contributed by atoms with Crippen molar-refractivity contribution in [3.05, 3.63) is 240 Å². The Morgan fingerprint density at radius 1 is 0.683 bits per heavy atom. The van der Waals surface area contributed by atoms with Gasteiger partial charge in [0.15, 0.2) is 5.84 Å². The number of rotatable bonds is 11. The zero-order chi connectivity index (χ0) is 43.2. The number of alkyl halides is 2. The molecule has 0 spiro atoms. The fourth-order valence-corrected chi connectivity index (χ4v) is 8.22. The lowest BCUT2D eigenvalue weighted by Crippen LogP contribution is -2.37. The van der Waals surface area contributed by atoms with Gasteiger partial charge in [-0.25, -0.2) is 9.98 Å². The van der Waals surface area contributed by atoms with Gasteiger partial charge in [-0.1, -0.05) is 171 Å². The Hall–Kier alpha value is -7.51. The van der Waals surface area contributed by atoms with Gasteiger partial charge >= 0.3 is 0 Å². The summed E-state index contributed by atoms with van der Waals surface area (Å²) in [6.07, 6.45) is 12.0. The molecule has 0 saturated heterocycles. The lowest BCUT2D eigenvalue weighted by Gasteiger charge is -2.33. The Labute approximate surface area is 368 Å². The first-order valence-corrected chi connectivity index (χ1v) is 21.4. The molecule has 1 aromatic heterocycles. The number of fused-ring (bicyclic) bond motifs is 1. The second-order valence-electron chi connectivity index (χ2n) is 15.7. The lowest BCUT2D eigenvalue weighted by molar-refractivity contribution is 0.0557. The number of hydrogen-bond donors (Lipinski definition) is 0. The van der Waals surface area contributed by atoms with Crippen LogP contribution in [0.15, 0.2) is 222 Å². The zero-order valence-corrected chi connectivity index (χ0v) is 35.3. The van der Waals surface area contributed by atoms with E-state index in [1.165, 1.54) is 5.56 Å². The van der Waals surface area contributed by atoms with E-state index in [1.54, 1.807) is 18.2 Å². The fourth-order valence-electron chi connectivity index (χ4n) is 8.22. The van der Waals surface area contributed by atoms with Gasteiger partial charge in [0.05, 0.1) is 11.7 Å². The molecule has 2 aliphatic rings. The molecule has 0 fully saturated rings. The van der Waals surface area contributed by atoms with Crippen molar-refractivity contribution in [1.82, 2.24) is 9.47 Å². The number of halogens is 2. The molecule has 6 aromatic carbocycles. The SMILES string of the molecule is CCC(=NC(=NCC/C=C\C1=CC(F)(F)c2cc(C3=CC(c4ccc(-c5ccccc5)cc4)N(C)C(n4cccc4)=N3)ccc21)c1ccccc1)c1ccc(-c2ccccc2)cc1. The minimum atomic E-state index is -3.14. The van der Waals surface area contributed by atoms with Gasteiger partial charge in [0.2, 0.25) is 5.96 Å². The van der Waals surface area contributed by atoms with Crippen molar-refractivity contribution in [1.29, 1.82) is 0 Å². The Morgan fingerprint density at radius 3 is 1.90 bits per heavy atom. The Bertz CT molecular complexity index is 2870. The van der Waals surface area contributed by atoms with E-state index in [2.05, 4.69) is 90.7 Å². The largest absolute Gasteiger partial charge is 0.334 e. The van der Waals surface area contributed by atoms with Gasteiger partial charge in [-0.2, -0.15) is 8.78 Å². The molecule has 0 bridgehead atoms. The molecule has 7 aromatic rings. The highest BCUT2D eigenvalue weighted by Gasteiger charge is 2.38. The summed E-state index contributed by atoms with van der Waals surface area (Å²) in [5.41, 5.74) is 10.8. The highest BCUT2D eigenvalue weighted by Crippen LogP contribution is 2.45. The van der Waals surface area contributed by atoms with Gasteiger partial charge in [-0.15, -0.1) is 0 Å². The number of aliphatic imine (C=N–C) groups is 3. The minimum Gasteiger partial charge on any atom is -0.334 e. The Kier molecular flexibility index (Phi) is 11.8. The standard InChI is InChI=1S/C56H47F2N5/c1-3-51(44-28-24-42(25-29-44)40-17-7-4-8-18-40)60-54(46-21-11-6-12-22-46)59-34-14-13-23-48-39-56(57,58)50-37-47(32-33-49(48)50)52-38-53(62(2)55(61-52)63-35-15-16-36-63)45-30-26-43(27-31-45)41-19-9-5-10-20-41/h4-13,15-33,35-39,53H,3,14,34H2,1-2H3/b23-13-,59-54?,60-51?. The fraction of sp³-hybridized carbons (Fsp3) is 0.125. The van der Waals surface area contributed by atoms with Crippen LogP contribution in [0.2, 0.25) is 0 Å². The van der Waals surface area contributed by atoms with E-state index < -0.39 is 5.92 Å². The molecule has 1 atom stereocenters. The maximum atomic E-state index is 15.9. The summed E-state index contributed by atoms with van der Waals surface area (Å²) >= 11 is 0. The van der Waals surface area contributed by atoms with E-state index in [0.29, 0.717) is 47.2 Å². The number of benzene rings is 6. The molecule has 1 aliphatic carbocycles. The highest BCUT2D eigenvalue weighted by atomic mass is 19.3. The maximum absolute atomic E-state index is 15.9. The molecule has 1 unspecified atom stereocenters. The van der Waals surface area contributed by atoms with Crippen LogP contribution in [-0.2, 0) is 5.92 Å². The van der Waals surface area contributed by atoms with Crippen molar-refractivity contribution in [3.63, 3.8) is 0 Å². The van der Waals surface area contributed by atoms with Crippen LogP contribution in [0.1, 0.15) is 59.2 Å². The van der Waals surface area contributed by atoms with E-state index in [1.807, 2.05) is 115 Å². The molecule has 0 amide bonds. The number of amidine groups is 1. The smallest absolute Gasteiger partial charge is 0.293 e. The molecule has 5 nitrogen and oxygen atoms in total. The van der Waals surface area contributed by atoms with Gasteiger partial charge in [-0.3, -0.25) is 9.56 Å². The van der Waals surface area contributed by atoms with Crippen LogP contribution in [0, 0.1) is 0 Å². The molecule has 9 rings (SSSR count). The topological polar surface area (TPSA) is 45.2 Å². The summed E-state index contributed by atoms with van der Waals surface area (Å²) in [5.74, 6) is -1.79. The number of likely N-dealkylation sites (N-methyl/N-ethyl adjacent to an activating group) is 1. The van der Waals surface area contributed by atoms with Gasteiger partial charge in [0.25, 0.3) is 5.92 Å². The molecule has 1 aliphatic heterocycles.